The van der Waals surface area contributed by atoms with Crippen molar-refractivity contribution in [1.29, 1.82) is 0 Å². The molecule has 1 rings (SSSR count). The maximum atomic E-state index is 5.84. The van der Waals surface area contributed by atoms with Crippen LogP contribution in [0.15, 0.2) is 11.6 Å². The van der Waals surface area contributed by atoms with Crippen molar-refractivity contribution in [1.82, 2.24) is 0 Å². The van der Waals surface area contributed by atoms with E-state index in [0.717, 1.165) is 6.42 Å². The van der Waals surface area contributed by atoms with Crippen molar-refractivity contribution >= 4 is 11.6 Å². The van der Waals surface area contributed by atoms with Crippen LogP contribution in [0, 0.1) is 0 Å². The Morgan fingerprint density at radius 1 is 1.75 bits per heavy atom. The summed E-state index contributed by atoms with van der Waals surface area (Å²) in [6.07, 6.45) is 5.69. The van der Waals surface area contributed by atoms with Crippen LogP contribution in [-0.4, -0.2) is 5.38 Å². The van der Waals surface area contributed by atoms with Gasteiger partial charge in [0.1, 0.15) is 0 Å². The van der Waals surface area contributed by atoms with Gasteiger partial charge in [-0.05, 0) is 26.2 Å². The molecule has 1 aliphatic carbocycles. The Hall–Kier alpha value is 0.0300. The lowest BCUT2D eigenvalue weighted by molar-refractivity contribution is 0.710. The molecule has 0 nitrogen and oxygen atoms in total. The first kappa shape index (κ1) is 6.15. The summed E-state index contributed by atoms with van der Waals surface area (Å²) in [6.45, 7) is 2.17. The highest BCUT2D eigenvalue weighted by atomic mass is 35.5. The minimum atomic E-state index is 0.415. The number of halogens is 1. The van der Waals surface area contributed by atoms with Crippen LogP contribution in [0.1, 0.15) is 26.2 Å². The second kappa shape index (κ2) is 2.54. The van der Waals surface area contributed by atoms with Crippen molar-refractivity contribution in [2.24, 2.45) is 0 Å². The highest BCUT2D eigenvalue weighted by Gasteiger charge is 2.07. The van der Waals surface area contributed by atoms with Gasteiger partial charge in [0.2, 0.25) is 0 Å². The minimum Gasteiger partial charge on any atom is -0.123 e. The van der Waals surface area contributed by atoms with E-state index in [2.05, 4.69) is 13.0 Å². The van der Waals surface area contributed by atoms with Crippen LogP contribution < -0.4 is 0 Å². The third-order valence-corrected chi connectivity index (χ3v) is 1.97. The first-order valence-corrected chi connectivity index (χ1v) is 3.52. The van der Waals surface area contributed by atoms with E-state index < -0.39 is 0 Å². The molecule has 0 aliphatic heterocycles. The zero-order valence-electron chi connectivity index (χ0n) is 5.15. The Morgan fingerprint density at radius 3 is 2.88 bits per heavy atom. The molecule has 1 atom stereocenters. The standard InChI is InChI=1S/C7H11Cl/c1-6-2-4-7(8)5-3-6/h2,7H,3-5H2,1H3. The molecule has 0 saturated carbocycles. The summed E-state index contributed by atoms with van der Waals surface area (Å²) in [5.41, 5.74) is 1.50. The summed E-state index contributed by atoms with van der Waals surface area (Å²) in [5.74, 6) is 0. The van der Waals surface area contributed by atoms with Crippen molar-refractivity contribution in [3.63, 3.8) is 0 Å². The molecule has 0 spiro atoms. The monoisotopic (exact) mass is 130 g/mol. The van der Waals surface area contributed by atoms with E-state index in [1.165, 1.54) is 18.4 Å². The zero-order chi connectivity index (χ0) is 5.98. The number of rotatable bonds is 0. The number of alkyl halides is 1. The molecule has 0 aromatic carbocycles. The number of hydrogen-bond acceptors (Lipinski definition) is 0. The summed E-state index contributed by atoms with van der Waals surface area (Å²) in [7, 11) is 0. The van der Waals surface area contributed by atoms with Crippen molar-refractivity contribution < 1.29 is 0 Å². The highest BCUT2D eigenvalue weighted by Crippen LogP contribution is 2.20. The average molecular weight is 131 g/mol. The van der Waals surface area contributed by atoms with Gasteiger partial charge in [-0.25, -0.2) is 0 Å². The van der Waals surface area contributed by atoms with E-state index in [-0.39, 0.29) is 0 Å². The molecule has 0 radical (unpaired) electrons. The second-order valence-corrected chi connectivity index (χ2v) is 3.04. The SMILES string of the molecule is CC1=CCC(Cl)CC1. The minimum absolute atomic E-state index is 0.415. The third-order valence-electron chi connectivity index (χ3n) is 1.57. The first-order valence-electron chi connectivity index (χ1n) is 3.09. The quantitative estimate of drug-likeness (QED) is 0.350. The predicted octanol–water partition coefficient (Wildman–Crippen LogP) is 2.72. The summed E-state index contributed by atoms with van der Waals surface area (Å²) >= 11 is 5.84. The van der Waals surface area contributed by atoms with Crippen LogP contribution in [0.2, 0.25) is 0 Å². The van der Waals surface area contributed by atoms with Gasteiger partial charge >= 0.3 is 0 Å². The molecule has 0 amide bonds. The molecule has 0 saturated heterocycles. The summed E-state index contributed by atoms with van der Waals surface area (Å²) < 4.78 is 0. The van der Waals surface area contributed by atoms with Crippen molar-refractivity contribution in [2.75, 3.05) is 0 Å². The van der Waals surface area contributed by atoms with E-state index in [9.17, 15) is 0 Å². The average Bonchev–Trinajstić information content (AvgIpc) is 1.77. The highest BCUT2D eigenvalue weighted by molar-refractivity contribution is 6.20. The van der Waals surface area contributed by atoms with Gasteiger partial charge in [0.25, 0.3) is 0 Å². The van der Waals surface area contributed by atoms with Gasteiger partial charge in [-0.2, -0.15) is 0 Å². The molecule has 0 aromatic heterocycles. The van der Waals surface area contributed by atoms with Gasteiger partial charge in [-0.1, -0.05) is 11.6 Å². The molecule has 46 valence electrons. The molecule has 0 N–H and O–H groups in total. The Morgan fingerprint density at radius 2 is 2.50 bits per heavy atom. The van der Waals surface area contributed by atoms with E-state index in [1.54, 1.807) is 0 Å². The topological polar surface area (TPSA) is 0 Å². The van der Waals surface area contributed by atoms with Gasteiger partial charge in [0.05, 0.1) is 0 Å². The van der Waals surface area contributed by atoms with Crippen LogP contribution >= 0.6 is 11.6 Å². The van der Waals surface area contributed by atoms with Crippen molar-refractivity contribution in [3.8, 4) is 0 Å². The molecule has 0 heterocycles. The van der Waals surface area contributed by atoms with Gasteiger partial charge in [-0.3, -0.25) is 0 Å². The van der Waals surface area contributed by atoms with Gasteiger partial charge < -0.3 is 0 Å². The Balaban J connectivity index is 2.42. The zero-order valence-corrected chi connectivity index (χ0v) is 5.91. The maximum absolute atomic E-state index is 5.84. The van der Waals surface area contributed by atoms with E-state index in [1.807, 2.05) is 0 Å². The normalized spacial score (nSPS) is 29.8. The Bertz CT molecular complexity index is 105. The number of hydrogen-bond donors (Lipinski definition) is 0. The molecule has 1 unspecified atom stereocenters. The van der Waals surface area contributed by atoms with Gasteiger partial charge in [0.15, 0.2) is 0 Å². The summed E-state index contributed by atoms with van der Waals surface area (Å²) in [6, 6.07) is 0. The second-order valence-electron chi connectivity index (χ2n) is 2.42. The fourth-order valence-electron chi connectivity index (χ4n) is 0.933. The largest absolute Gasteiger partial charge is 0.123 e. The lowest BCUT2D eigenvalue weighted by Gasteiger charge is -2.12. The Kier molecular flexibility index (Phi) is 1.95. The lowest BCUT2D eigenvalue weighted by Crippen LogP contribution is -2.01. The molecule has 0 aromatic rings. The van der Waals surface area contributed by atoms with Crippen LogP contribution in [0.4, 0.5) is 0 Å². The fourth-order valence-corrected chi connectivity index (χ4v) is 1.13. The number of allylic oxidation sites excluding steroid dienone is 2. The van der Waals surface area contributed by atoms with Crippen LogP contribution in [0.25, 0.3) is 0 Å². The molecule has 1 aliphatic rings. The first-order chi connectivity index (χ1) is 3.79. The van der Waals surface area contributed by atoms with Crippen LogP contribution in [0.3, 0.4) is 0 Å². The maximum Gasteiger partial charge on any atom is 0.0373 e. The van der Waals surface area contributed by atoms with Crippen molar-refractivity contribution in [2.45, 2.75) is 31.6 Å². The molecular weight excluding hydrogens is 120 g/mol. The molecular formula is C7H11Cl. The van der Waals surface area contributed by atoms with E-state index in [0.29, 0.717) is 5.38 Å². The molecule has 0 bridgehead atoms. The van der Waals surface area contributed by atoms with Gasteiger partial charge in [-0.15, -0.1) is 11.6 Å². The summed E-state index contributed by atoms with van der Waals surface area (Å²) in [4.78, 5) is 0. The lowest BCUT2D eigenvalue weighted by atomic mass is 10.0. The predicted molar refractivity (Wildman–Crippen MR) is 37.2 cm³/mol. The van der Waals surface area contributed by atoms with Crippen molar-refractivity contribution in [3.05, 3.63) is 11.6 Å². The fraction of sp³-hybridized carbons (Fsp3) is 0.714. The third kappa shape index (κ3) is 1.52. The Labute approximate surface area is 55.5 Å². The summed E-state index contributed by atoms with van der Waals surface area (Å²) in [5, 5.41) is 0.415. The van der Waals surface area contributed by atoms with E-state index in [4.69, 9.17) is 11.6 Å². The molecule has 1 heteroatoms. The smallest absolute Gasteiger partial charge is 0.0373 e. The van der Waals surface area contributed by atoms with Gasteiger partial charge in [0, 0.05) is 5.38 Å². The molecule has 8 heavy (non-hydrogen) atoms. The van der Waals surface area contributed by atoms with Crippen LogP contribution in [0.5, 0.6) is 0 Å². The van der Waals surface area contributed by atoms with E-state index >= 15 is 0 Å². The van der Waals surface area contributed by atoms with Crippen LogP contribution in [-0.2, 0) is 0 Å². The molecule has 0 fully saturated rings.